The molecule has 0 spiro atoms. The van der Waals surface area contributed by atoms with E-state index in [2.05, 4.69) is 128 Å². The van der Waals surface area contributed by atoms with Crippen LogP contribution in [0.3, 0.4) is 0 Å². The van der Waals surface area contributed by atoms with Crippen LogP contribution >= 0.6 is 11.8 Å². The Morgan fingerprint density at radius 3 is 2.14 bits per heavy atom. The van der Waals surface area contributed by atoms with Gasteiger partial charge in [0, 0.05) is 27.1 Å². The number of hydrogen-bond donors (Lipinski definition) is 0. The Hall–Kier alpha value is -3.83. The van der Waals surface area contributed by atoms with E-state index in [9.17, 15) is 0 Å². The van der Waals surface area contributed by atoms with E-state index in [0.29, 0.717) is 0 Å². The lowest BCUT2D eigenvalue weighted by molar-refractivity contribution is 0.795. The molecule has 1 heteroatoms. The maximum Gasteiger partial charge on any atom is 0.0594 e. The third-order valence-corrected chi connectivity index (χ3v) is 7.13. The molecule has 0 aliphatic carbocycles. The number of fused-ring (bicyclic) bond motifs is 1. The lowest BCUT2D eigenvalue weighted by Crippen LogP contribution is -1.90. The zero-order valence-electron chi connectivity index (χ0n) is 21.9. The van der Waals surface area contributed by atoms with Crippen molar-refractivity contribution in [2.24, 2.45) is 0 Å². The fourth-order valence-corrected chi connectivity index (χ4v) is 4.85. The van der Waals surface area contributed by atoms with E-state index in [1.807, 2.05) is 6.92 Å². The van der Waals surface area contributed by atoms with E-state index < -0.39 is 0 Å². The summed E-state index contributed by atoms with van der Waals surface area (Å²) in [5, 5.41) is 2.44. The van der Waals surface area contributed by atoms with E-state index >= 15 is 0 Å². The zero-order chi connectivity index (χ0) is 25.9. The standard InChI is InChI=1S/C36H32S/c1-4-7-9-28-10-12-29(13-11-28)14-15-30-16-19-33(32(6-3)25-30)20-17-31-18-21-35-27-36(37-24-8-5-2)23-22-34(35)26-31/h10-13,16,18-19,21-23,25-27H,4,6-7,9,24H2,1-3H3. The number of thioether (sulfide) groups is 1. The molecule has 182 valence electrons. The van der Waals surface area contributed by atoms with Crippen molar-refractivity contribution < 1.29 is 0 Å². The SMILES string of the molecule is CC#CCSc1ccc2cc(C#Cc3ccc(C#Cc4ccc(CCCC)cc4)cc3CC)ccc2c1. The van der Waals surface area contributed by atoms with Gasteiger partial charge in [0.25, 0.3) is 0 Å². The molecule has 0 N–H and O–H groups in total. The molecule has 0 radical (unpaired) electrons. The van der Waals surface area contributed by atoms with Crippen LogP contribution in [0, 0.1) is 35.5 Å². The van der Waals surface area contributed by atoms with Crippen LogP contribution in [0.25, 0.3) is 10.8 Å². The first-order chi connectivity index (χ1) is 18.2. The van der Waals surface area contributed by atoms with Crippen molar-refractivity contribution in [3.63, 3.8) is 0 Å². The van der Waals surface area contributed by atoms with Gasteiger partial charge in [0.15, 0.2) is 0 Å². The second kappa shape index (κ2) is 13.5. The van der Waals surface area contributed by atoms with Crippen LogP contribution in [0.15, 0.2) is 83.8 Å². The molecule has 0 nitrogen and oxygen atoms in total. The molecule has 4 aromatic carbocycles. The molecule has 0 aliphatic rings. The van der Waals surface area contributed by atoms with Crippen LogP contribution in [-0.2, 0) is 12.8 Å². The van der Waals surface area contributed by atoms with Gasteiger partial charge in [-0.15, -0.1) is 17.7 Å². The molecule has 0 fully saturated rings. The first-order valence-electron chi connectivity index (χ1n) is 13.0. The smallest absolute Gasteiger partial charge is 0.0594 e. The van der Waals surface area contributed by atoms with Crippen LogP contribution in [-0.4, -0.2) is 5.75 Å². The van der Waals surface area contributed by atoms with Crippen LogP contribution in [0.5, 0.6) is 0 Å². The summed E-state index contributed by atoms with van der Waals surface area (Å²) in [5.74, 6) is 20.3. The van der Waals surface area contributed by atoms with Gasteiger partial charge in [-0.1, -0.05) is 74.1 Å². The summed E-state index contributed by atoms with van der Waals surface area (Å²) in [7, 11) is 0. The summed E-state index contributed by atoms with van der Waals surface area (Å²) in [5.41, 5.74) is 6.79. The molecule has 0 saturated carbocycles. The lowest BCUT2D eigenvalue weighted by atomic mass is 10.0. The molecule has 0 unspecified atom stereocenters. The molecule has 0 atom stereocenters. The molecule has 0 aliphatic heterocycles. The minimum atomic E-state index is 0.821. The van der Waals surface area contributed by atoms with Gasteiger partial charge in [-0.25, -0.2) is 0 Å². The van der Waals surface area contributed by atoms with E-state index in [1.165, 1.54) is 39.6 Å². The van der Waals surface area contributed by atoms with E-state index in [0.717, 1.165) is 40.8 Å². The highest BCUT2D eigenvalue weighted by molar-refractivity contribution is 7.99. The minimum absolute atomic E-state index is 0.821. The van der Waals surface area contributed by atoms with E-state index in [1.54, 1.807) is 11.8 Å². The normalized spacial score (nSPS) is 10.0. The molecular weight excluding hydrogens is 464 g/mol. The molecule has 4 rings (SSSR count). The number of hydrogen-bond acceptors (Lipinski definition) is 1. The average Bonchev–Trinajstić information content (AvgIpc) is 2.94. The Bertz CT molecular complexity index is 1550. The first-order valence-corrected chi connectivity index (χ1v) is 14.0. The van der Waals surface area contributed by atoms with Crippen molar-refractivity contribution in [3.8, 4) is 35.5 Å². The zero-order valence-corrected chi connectivity index (χ0v) is 22.8. The molecule has 37 heavy (non-hydrogen) atoms. The van der Waals surface area contributed by atoms with Crippen molar-refractivity contribution >= 4 is 22.5 Å². The Balaban J connectivity index is 1.48. The van der Waals surface area contributed by atoms with Gasteiger partial charge in [0.1, 0.15) is 0 Å². The van der Waals surface area contributed by atoms with Crippen LogP contribution < -0.4 is 0 Å². The van der Waals surface area contributed by atoms with Crippen molar-refractivity contribution in [2.75, 3.05) is 5.75 Å². The Morgan fingerprint density at radius 1 is 0.676 bits per heavy atom. The second-order valence-corrected chi connectivity index (χ2v) is 10.0. The fraction of sp³-hybridized carbons (Fsp3) is 0.222. The molecule has 0 aromatic heterocycles. The average molecular weight is 497 g/mol. The van der Waals surface area contributed by atoms with Gasteiger partial charge in [0.2, 0.25) is 0 Å². The largest absolute Gasteiger partial charge is 0.113 e. The van der Waals surface area contributed by atoms with Crippen LogP contribution in [0.4, 0.5) is 0 Å². The highest BCUT2D eigenvalue weighted by Gasteiger charge is 2.01. The number of unbranched alkanes of at least 4 members (excludes halogenated alkanes) is 1. The second-order valence-electron chi connectivity index (χ2n) is 8.97. The molecular formula is C36H32S. The van der Waals surface area contributed by atoms with Gasteiger partial charge in [-0.2, -0.15) is 0 Å². The quantitative estimate of drug-likeness (QED) is 0.190. The van der Waals surface area contributed by atoms with Gasteiger partial charge < -0.3 is 0 Å². The van der Waals surface area contributed by atoms with Gasteiger partial charge in [0.05, 0.1) is 5.75 Å². The fourth-order valence-electron chi connectivity index (χ4n) is 4.09. The molecule has 0 saturated heterocycles. The van der Waals surface area contributed by atoms with Crippen molar-refractivity contribution in [2.45, 2.75) is 51.3 Å². The molecule has 0 heterocycles. The van der Waals surface area contributed by atoms with Crippen molar-refractivity contribution in [1.29, 1.82) is 0 Å². The monoisotopic (exact) mass is 496 g/mol. The first kappa shape index (κ1) is 26.2. The predicted molar refractivity (Wildman–Crippen MR) is 161 cm³/mol. The molecule has 4 aromatic rings. The van der Waals surface area contributed by atoms with Crippen molar-refractivity contribution in [3.05, 3.63) is 112 Å². The summed E-state index contributed by atoms with van der Waals surface area (Å²) in [4.78, 5) is 1.24. The van der Waals surface area contributed by atoms with Gasteiger partial charge >= 0.3 is 0 Å². The summed E-state index contributed by atoms with van der Waals surface area (Å²) < 4.78 is 0. The predicted octanol–water partition coefficient (Wildman–Crippen LogP) is 8.66. The number of aryl methyl sites for hydroxylation is 2. The third-order valence-electron chi connectivity index (χ3n) is 6.25. The molecule has 0 amide bonds. The summed E-state index contributed by atoms with van der Waals surface area (Å²) in [6.07, 6.45) is 4.52. The van der Waals surface area contributed by atoms with Gasteiger partial charge in [-0.3, -0.25) is 0 Å². The maximum absolute atomic E-state index is 3.40. The van der Waals surface area contributed by atoms with Gasteiger partial charge in [-0.05, 0) is 103 Å². The Morgan fingerprint density at radius 2 is 1.35 bits per heavy atom. The van der Waals surface area contributed by atoms with E-state index in [-0.39, 0.29) is 0 Å². The minimum Gasteiger partial charge on any atom is -0.113 e. The molecule has 0 bridgehead atoms. The summed E-state index contributed by atoms with van der Waals surface area (Å²) >= 11 is 1.77. The Labute approximate surface area is 226 Å². The highest BCUT2D eigenvalue weighted by atomic mass is 32.2. The number of rotatable bonds is 6. The van der Waals surface area contributed by atoms with Crippen LogP contribution in [0.1, 0.15) is 67.0 Å². The van der Waals surface area contributed by atoms with E-state index in [4.69, 9.17) is 0 Å². The summed E-state index contributed by atoms with van der Waals surface area (Å²) in [6, 6.07) is 28.0. The maximum atomic E-state index is 3.40. The highest BCUT2D eigenvalue weighted by Crippen LogP contribution is 2.24. The van der Waals surface area contributed by atoms with Crippen LogP contribution in [0.2, 0.25) is 0 Å². The third kappa shape index (κ3) is 7.58. The topological polar surface area (TPSA) is 0 Å². The number of benzene rings is 4. The van der Waals surface area contributed by atoms with Crippen molar-refractivity contribution in [1.82, 2.24) is 0 Å². The lowest BCUT2D eigenvalue weighted by Gasteiger charge is -2.04. The Kier molecular flexibility index (Phi) is 9.55. The summed E-state index contributed by atoms with van der Waals surface area (Å²) in [6.45, 7) is 6.28.